The second-order valence-electron chi connectivity index (χ2n) is 12.2. The summed E-state index contributed by atoms with van der Waals surface area (Å²) in [5, 5.41) is 3.91. The van der Waals surface area contributed by atoms with Gasteiger partial charge in [-0.3, -0.25) is 13.9 Å². The Morgan fingerprint density at radius 2 is 1.42 bits per heavy atom. The number of nitrogens with zero attached hydrogens (tertiary/aromatic N) is 2. The van der Waals surface area contributed by atoms with Crippen molar-refractivity contribution in [1.82, 2.24) is 10.2 Å². The van der Waals surface area contributed by atoms with Gasteiger partial charge in [0.05, 0.1) is 20.6 Å². The topological polar surface area (TPSA) is 86.8 Å². The molecule has 1 saturated carbocycles. The van der Waals surface area contributed by atoms with Gasteiger partial charge in [0.1, 0.15) is 12.6 Å². The maximum atomic E-state index is 14.7. The van der Waals surface area contributed by atoms with Crippen LogP contribution in [0.15, 0.2) is 108 Å². The zero-order chi connectivity index (χ0) is 34.1. The molecule has 0 bridgehead atoms. The first-order chi connectivity index (χ1) is 23.2. The van der Waals surface area contributed by atoms with Crippen LogP contribution in [0.25, 0.3) is 0 Å². The quantitative estimate of drug-likeness (QED) is 0.154. The lowest BCUT2D eigenvalue weighted by molar-refractivity contribution is -0.140. The second-order valence-corrected chi connectivity index (χ2v) is 14.8. The minimum atomic E-state index is -4.17. The van der Waals surface area contributed by atoms with Crippen LogP contribution in [-0.2, 0) is 39.0 Å². The number of carbonyl (C=O) groups excluding carboxylic acids is 2. The largest absolute Gasteiger partial charge is 0.352 e. The maximum Gasteiger partial charge on any atom is 0.264 e. The van der Waals surface area contributed by atoms with Crippen LogP contribution in [0.1, 0.15) is 55.7 Å². The average molecular weight is 707 g/mol. The van der Waals surface area contributed by atoms with Gasteiger partial charge in [0.15, 0.2) is 0 Å². The standard InChI is InChI=1S/C38H41Cl2N3O4S/c1-2-28-18-21-32(22-19-28)43(48(46,47)33-16-10-5-11-17-33)27-37(44)42(26-30-20-23-34(39)35(40)24-30)36(25-29-12-6-3-7-13-29)38(45)41-31-14-8-4-9-15-31/h3,5-7,10-13,16-24,31,36H,2,4,8-9,14-15,25-27H2,1H3,(H,41,45). The Bertz CT molecular complexity index is 1780. The summed E-state index contributed by atoms with van der Waals surface area (Å²) in [5.74, 6) is -0.802. The first-order valence-corrected chi connectivity index (χ1v) is 18.6. The number of hydrogen-bond donors (Lipinski definition) is 1. The third-order valence-corrected chi connectivity index (χ3v) is 11.3. The smallest absolute Gasteiger partial charge is 0.264 e. The molecule has 48 heavy (non-hydrogen) atoms. The predicted octanol–water partition coefficient (Wildman–Crippen LogP) is 7.84. The van der Waals surface area contributed by atoms with Crippen molar-refractivity contribution < 1.29 is 18.0 Å². The van der Waals surface area contributed by atoms with Crippen LogP contribution in [0.5, 0.6) is 0 Å². The van der Waals surface area contributed by atoms with Crippen molar-refractivity contribution in [3.63, 3.8) is 0 Å². The summed E-state index contributed by atoms with van der Waals surface area (Å²) in [6, 6.07) is 28.9. The molecule has 252 valence electrons. The van der Waals surface area contributed by atoms with E-state index in [0.29, 0.717) is 21.3 Å². The van der Waals surface area contributed by atoms with Crippen molar-refractivity contribution in [2.75, 3.05) is 10.8 Å². The number of benzene rings is 4. The third-order valence-electron chi connectivity index (χ3n) is 8.80. The van der Waals surface area contributed by atoms with Gasteiger partial charge in [0, 0.05) is 19.0 Å². The van der Waals surface area contributed by atoms with Crippen LogP contribution < -0.4 is 9.62 Å². The molecule has 1 unspecified atom stereocenters. The van der Waals surface area contributed by atoms with Gasteiger partial charge in [-0.2, -0.15) is 0 Å². The number of aryl methyl sites for hydroxylation is 1. The molecule has 0 heterocycles. The van der Waals surface area contributed by atoms with Crippen LogP contribution in [0.3, 0.4) is 0 Å². The van der Waals surface area contributed by atoms with Gasteiger partial charge in [-0.05, 0) is 72.4 Å². The zero-order valence-corrected chi connectivity index (χ0v) is 29.4. The van der Waals surface area contributed by atoms with Crippen molar-refractivity contribution in [1.29, 1.82) is 0 Å². The molecular formula is C38H41Cl2N3O4S. The van der Waals surface area contributed by atoms with E-state index in [4.69, 9.17) is 23.2 Å². The fraction of sp³-hybridized carbons (Fsp3) is 0.316. The third kappa shape index (κ3) is 8.98. The number of carbonyl (C=O) groups is 2. The first-order valence-electron chi connectivity index (χ1n) is 16.4. The molecule has 0 aliphatic heterocycles. The molecule has 10 heteroatoms. The molecule has 1 atom stereocenters. The Morgan fingerprint density at radius 3 is 2.04 bits per heavy atom. The molecule has 1 N–H and O–H groups in total. The number of nitrogens with one attached hydrogen (secondary N) is 1. The van der Waals surface area contributed by atoms with Gasteiger partial charge in [-0.15, -0.1) is 0 Å². The normalized spacial score (nSPS) is 14.2. The Balaban J connectivity index is 1.57. The number of sulfonamides is 1. The molecule has 2 amide bonds. The molecule has 0 spiro atoms. The molecule has 0 aromatic heterocycles. The van der Waals surface area contributed by atoms with Gasteiger partial charge in [-0.1, -0.05) is 116 Å². The number of amides is 2. The van der Waals surface area contributed by atoms with Crippen LogP contribution in [0, 0.1) is 0 Å². The van der Waals surface area contributed by atoms with Crippen molar-refractivity contribution >= 4 is 50.7 Å². The van der Waals surface area contributed by atoms with Crippen LogP contribution in [0.2, 0.25) is 10.0 Å². The number of anilines is 1. The molecule has 4 aromatic rings. The fourth-order valence-corrected chi connectivity index (χ4v) is 7.84. The van der Waals surface area contributed by atoms with Crippen molar-refractivity contribution in [3.05, 3.63) is 130 Å². The first kappa shape index (κ1) is 35.5. The number of hydrogen-bond acceptors (Lipinski definition) is 4. The van der Waals surface area contributed by atoms with Gasteiger partial charge in [0.2, 0.25) is 11.8 Å². The van der Waals surface area contributed by atoms with E-state index in [1.807, 2.05) is 49.4 Å². The molecule has 7 nitrogen and oxygen atoms in total. The Labute approximate surface area is 293 Å². The highest BCUT2D eigenvalue weighted by Gasteiger charge is 2.35. The van der Waals surface area contributed by atoms with Gasteiger partial charge in [0.25, 0.3) is 10.0 Å². The summed E-state index contributed by atoms with van der Waals surface area (Å²) >= 11 is 12.6. The van der Waals surface area contributed by atoms with Gasteiger partial charge < -0.3 is 10.2 Å². The van der Waals surface area contributed by atoms with Crippen molar-refractivity contribution in [3.8, 4) is 0 Å². The van der Waals surface area contributed by atoms with Crippen molar-refractivity contribution in [2.24, 2.45) is 0 Å². The summed E-state index contributed by atoms with van der Waals surface area (Å²) in [5.41, 5.74) is 2.92. The van der Waals surface area contributed by atoms with Crippen LogP contribution >= 0.6 is 23.2 Å². The highest BCUT2D eigenvalue weighted by atomic mass is 35.5. The highest BCUT2D eigenvalue weighted by molar-refractivity contribution is 7.92. The summed E-state index contributed by atoms with van der Waals surface area (Å²) in [6.45, 7) is 1.51. The molecular weight excluding hydrogens is 665 g/mol. The van der Waals surface area contributed by atoms with E-state index in [9.17, 15) is 18.0 Å². The molecule has 0 radical (unpaired) electrons. The van der Waals surface area contributed by atoms with Crippen molar-refractivity contribution in [2.45, 2.75) is 75.4 Å². The summed E-state index contributed by atoms with van der Waals surface area (Å²) in [7, 11) is -4.17. The molecule has 5 rings (SSSR count). The van der Waals surface area contributed by atoms with Gasteiger partial charge >= 0.3 is 0 Å². The molecule has 1 fully saturated rings. The van der Waals surface area contributed by atoms with Gasteiger partial charge in [-0.25, -0.2) is 8.42 Å². The Morgan fingerprint density at radius 1 is 0.792 bits per heavy atom. The molecule has 1 aliphatic carbocycles. The summed E-state index contributed by atoms with van der Waals surface area (Å²) in [6.07, 6.45) is 5.96. The monoisotopic (exact) mass is 705 g/mol. The fourth-order valence-electron chi connectivity index (χ4n) is 6.08. The minimum absolute atomic E-state index is 0.0125. The SMILES string of the molecule is CCc1ccc(N(CC(=O)N(Cc2ccc(Cl)c(Cl)c2)C(Cc2ccccc2)C(=O)NC2CCCCC2)S(=O)(=O)c2ccccc2)cc1. The number of rotatable bonds is 13. The Kier molecular flexibility index (Phi) is 12.2. The molecule has 0 saturated heterocycles. The predicted molar refractivity (Wildman–Crippen MR) is 193 cm³/mol. The summed E-state index contributed by atoms with van der Waals surface area (Å²) in [4.78, 5) is 30.5. The summed E-state index contributed by atoms with van der Waals surface area (Å²) < 4.78 is 29.5. The van der Waals surface area contributed by atoms with Crippen LogP contribution in [-0.4, -0.2) is 43.8 Å². The van der Waals surface area contributed by atoms with E-state index < -0.39 is 28.5 Å². The van der Waals surface area contributed by atoms with E-state index in [2.05, 4.69) is 5.32 Å². The molecule has 4 aromatic carbocycles. The molecule has 1 aliphatic rings. The van der Waals surface area contributed by atoms with E-state index in [1.165, 1.54) is 17.0 Å². The van der Waals surface area contributed by atoms with Crippen LogP contribution in [0.4, 0.5) is 5.69 Å². The van der Waals surface area contributed by atoms with E-state index >= 15 is 0 Å². The Hall–Kier alpha value is -3.85. The minimum Gasteiger partial charge on any atom is -0.352 e. The lowest BCUT2D eigenvalue weighted by Crippen LogP contribution is -2.55. The van der Waals surface area contributed by atoms with E-state index in [-0.39, 0.29) is 29.8 Å². The average Bonchev–Trinajstić information content (AvgIpc) is 3.11. The zero-order valence-electron chi connectivity index (χ0n) is 27.0. The van der Waals surface area contributed by atoms with E-state index in [1.54, 1.807) is 48.5 Å². The number of halogens is 2. The lowest BCUT2D eigenvalue weighted by atomic mass is 9.94. The highest BCUT2D eigenvalue weighted by Crippen LogP contribution is 2.28. The van der Waals surface area contributed by atoms with E-state index in [0.717, 1.165) is 54.0 Å². The lowest BCUT2D eigenvalue weighted by Gasteiger charge is -2.35. The maximum absolute atomic E-state index is 14.7. The second kappa shape index (κ2) is 16.5.